The standard InChI is InChI=1S/C14H24N2OS/c1-2-17-12-8-11(9-12)15-13-16-14(10-18-13)6-4-3-5-7-14/h11-12H,2-10H2,1H3,(H,15,16). The summed E-state index contributed by atoms with van der Waals surface area (Å²) in [4.78, 5) is 4.85. The maximum Gasteiger partial charge on any atom is 0.157 e. The molecule has 2 aliphatic carbocycles. The Bertz CT molecular complexity index is 320. The number of amidine groups is 1. The van der Waals surface area contributed by atoms with Gasteiger partial charge < -0.3 is 10.1 Å². The van der Waals surface area contributed by atoms with Crippen LogP contribution in [0.15, 0.2) is 4.99 Å². The molecular formula is C14H24N2OS. The zero-order chi connectivity index (χ0) is 12.4. The van der Waals surface area contributed by atoms with Gasteiger partial charge in [0.05, 0.1) is 12.1 Å². The fourth-order valence-corrected chi connectivity index (χ4v) is 4.54. The third-order valence-corrected chi connectivity index (χ3v) is 5.62. The van der Waals surface area contributed by atoms with Gasteiger partial charge in [-0.2, -0.15) is 0 Å². The van der Waals surface area contributed by atoms with Crippen molar-refractivity contribution >= 4 is 16.9 Å². The van der Waals surface area contributed by atoms with Gasteiger partial charge in [-0.05, 0) is 32.6 Å². The van der Waals surface area contributed by atoms with Gasteiger partial charge in [-0.25, -0.2) is 0 Å². The van der Waals surface area contributed by atoms with Crippen molar-refractivity contribution in [2.24, 2.45) is 4.99 Å². The fraction of sp³-hybridized carbons (Fsp3) is 0.929. The van der Waals surface area contributed by atoms with Crippen molar-refractivity contribution in [3.05, 3.63) is 0 Å². The van der Waals surface area contributed by atoms with E-state index in [4.69, 9.17) is 9.73 Å². The second-order valence-corrected chi connectivity index (χ2v) is 6.86. The fourth-order valence-electron chi connectivity index (χ4n) is 3.25. The molecular weight excluding hydrogens is 244 g/mol. The molecule has 0 atom stereocenters. The number of hydrogen-bond donors (Lipinski definition) is 1. The monoisotopic (exact) mass is 268 g/mol. The Morgan fingerprint density at radius 3 is 2.83 bits per heavy atom. The molecule has 4 heteroatoms. The van der Waals surface area contributed by atoms with Crippen molar-refractivity contribution in [3.63, 3.8) is 0 Å². The van der Waals surface area contributed by atoms with Gasteiger partial charge in [0.15, 0.2) is 5.17 Å². The van der Waals surface area contributed by atoms with Gasteiger partial charge in [-0.15, -0.1) is 0 Å². The molecule has 0 aromatic heterocycles. The average Bonchev–Trinajstić information content (AvgIpc) is 2.71. The molecule has 0 bridgehead atoms. The molecule has 0 aromatic rings. The molecule has 1 aliphatic heterocycles. The van der Waals surface area contributed by atoms with Crippen LogP contribution < -0.4 is 5.32 Å². The first-order valence-corrected chi connectivity index (χ1v) is 8.39. The van der Waals surface area contributed by atoms with Crippen LogP contribution in [0.4, 0.5) is 0 Å². The van der Waals surface area contributed by atoms with E-state index in [2.05, 4.69) is 12.2 Å². The van der Waals surface area contributed by atoms with Gasteiger partial charge in [0.1, 0.15) is 0 Å². The SMILES string of the molecule is CCOC1CC(N=C2NC3(CCCCC3)CS2)C1. The zero-order valence-electron chi connectivity index (χ0n) is 11.3. The van der Waals surface area contributed by atoms with Crippen molar-refractivity contribution in [1.82, 2.24) is 5.32 Å². The molecule has 0 radical (unpaired) electrons. The van der Waals surface area contributed by atoms with Crippen LogP contribution in [0.25, 0.3) is 0 Å². The van der Waals surface area contributed by atoms with Crippen molar-refractivity contribution in [1.29, 1.82) is 0 Å². The van der Waals surface area contributed by atoms with Crippen LogP contribution in [0, 0.1) is 0 Å². The van der Waals surface area contributed by atoms with Crippen LogP contribution in [0.2, 0.25) is 0 Å². The first-order valence-electron chi connectivity index (χ1n) is 7.40. The maximum atomic E-state index is 5.59. The first kappa shape index (κ1) is 12.8. The lowest BCUT2D eigenvalue weighted by atomic mass is 9.83. The number of aliphatic imine (C=N–C) groups is 1. The lowest BCUT2D eigenvalue weighted by Gasteiger charge is -2.34. The van der Waals surface area contributed by atoms with E-state index in [9.17, 15) is 0 Å². The van der Waals surface area contributed by atoms with E-state index in [0.717, 1.165) is 19.4 Å². The predicted molar refractivity (Wildman–Crippen MR) is 77.3 cm³/mol. The summed E-state index contributed by atoms with van der Waals surface area (Å²) in [7, 11) is 0. The van der Waals surface area contributed by atoms with Crippen molar-refractivity contribution < 1.29 is 4.74 Å². The van der Waals surface area contributed by atoms with Crippen LogP contribution in [0.5, 0.6) is 0 Å². The molecule has 0 unspecified atom stereocenters. The van der Waals surface area contributed by atoms with E-state index < -0.39 is 0 Å². The Morgan fingerprint density at radius 2 is 2.11 bits per heavy atom. The molecule has 3 rings (SSSR count). The Kier molecular flexibility index (Phi) is 3.85. The highest BCUT2D eigenvalue weighted by Crippen LogP contribution is 2.37. The average molecular weight is 268 g/mol. The summed E-state index contributed by atoms with van der Waals surface area (Å²) < 4.78 is 5.59. The molecule has 18 heavy (non-hydrogen) atoms. The van der Waals surface area contributed by atoms with Gasteiger partial charge in [-0.1, -0.05) is 31.0 Å². The van der Waals surface area contributed by atoms with Gasteiger partial charge >= 0.3 is 0 Å². The molecule has 3 fully saturated rings. The molecule has 1 heterocycles. The summed E-state index contributed by atoms with van der Waals surface area (Å²) in [6.07, 6.45) is 9.57. The molecule has 102 valence electrons. The Morgan fingerprint density at radius 1 is 1.33 bits per heavy atom. The van der Waals surface area contributed by atoms with Gasteiger partial charge in [0.25, 0.3) is 0 Å². The van der Waals surface area contributed by atoms with E-state index in [1.807, 2.05) is 11.8 Å². The second kappa shape index (κ2) is 5.41. The van der Waals surface area contributed by atoms with Gasteiger partial charge in [0.2, 0.25) is 0 Å². The molecule has 0 amide bonds. The van der Waals surface area contributed by atoms with Crippen LogP contribution in [-0.4, -0.2) is 35.2 Å². The quantitative estimate of drug-likeness (QED) is 0.854. The molecule has 2 saturated carbocycles. The predicted octanol–water partition coefficient (Wildman–Crippen LogP) is 2.95. The summed E-state index contributed by atoms with van der Waals surface area (Å²) in [5.74, 6) is 1.23. The van der Waals surface area contributed by atoms with Gasteiger partial charge in [-0.3, -0.25) is 4.99 Å². The summed E-state index contributed by atoms with van der Waals surface area (Å²) in [6, 6.07) is 0.510. The Hall–Kier alpha value is -0.220. The van der Waals surface area contributed by atoms with Crippen LogP contribution in [0.1, 0.15) is 51.9 Å². The van der Waals surface area contributed by atoms with Crippen LogP contribution in [0.3, 0.4) is 0 Å². The van der Waals surface area contributed by atoms with Gasteiger partial charge in [0, 0.05) is 17.9 Å². The Balaban J connectivity index is 1.50. The number of hydrogen-bond acceptors (Lipinski definition) is 3. The zero-order valence-corrected chi connectivity index (χ0v) is 12.1. The second-order valence-electron chi connectivity index (χ2n) is 5.89. The highest BCUT2D eigenvalue weighted by atomic mass is 32.2. The largest absolute Gasteiger partial charge is 0.378 e. The molecule has 1 saturated heterocycles. The third kappa shape index (κ3) is 2.69. The number of thioether (sulfide) groups is 1. The Labute approximate surface area is 114 Å². The van der Waals surface area contributed by atoms with Crippen LogP contribution in [-0.2, 0) is 4.74 Å². The summed E-state index contributed by atoms with van der Waals surface area (Å²) in [6.45, 7) is 2.91. The lowest BCUT2D eigenvalue weighted by Crippen LogP contribution is -2.45. The summed E-state index contributed by atoms with van der Waals surface area (Å²) in [5, 5.41) is 4.93. The van der Waals surface area contributed by atoms with E-state index >= 15 is 0 Å². The molecule has 3 aliphatic rings. The highest BCUT2D eigenvalue weighted by Gasteiger charge is 2.39. The third-order valence-electron chi connectivity index (χ3n) is 4.44. The van der Waals surface area contributed by atoms with Crippen molar-refractivity contribution in [2.75, 3.05) is 12.4 Å². The van der Waals surface area contributed by atoms with E-state index in [1.54, 1.807) is 0 Å². The lowest BCUT2D eigenvalue weighted by molar-refractivity contribution is -0.000697. The van der Waals surface area contributed by atoms with Crippen molar-refractivity contribution in [2.45, 2.75) is 69.6 Å². The highest BCUT2D eigenvalue weighted by molar-refractivity contribution is 8.14. The van der Waals surface area contributed by atoms with E-state index in [1.165, 1.54) is 43.0 Å². The number of nitrogens with zero attached hydrogens (tertiary/aromatic N) is 1. The maximum absolute atomic E-state index is 5.59. The number of nitrogens with one attached hydrogen (secondary N) is 1. The summed E-state index contributed by atoms with van der Waals surface area (Å²) >= 11 is 1.94. The molecule has 0 aromatic carbocycles. The van der Waals surface area contributed by atoms with Crippen molar-refractivity contribution in [3.8, 4) is 0 Å². The van der Waals surface area contributed by atoms with E-state index in [-0.39, 0.29) is 0 Å². The summed E-state index contributed by atoms with van der Waals surface area (Å²) in [5.41, 5.74) is 0.394. The first-order chi connectivity index (χ1) is 8.80. The normalized spacial score (nSPS) is 36.6. The number of rotatable bonds is 3. The molecule has 3 nitrogen and oxygen atoms in total. The molecule has 1 N–H and O–H groups in total. The topological polar surface area (TPSA) is 33.6 Å². The van der Waals surface area contributed by atoms with Crippen LogP contribution >= 0.6 is 11.8 Å². The minimum atomic E-state index is 0.394. The number of ether oxygens (including phenoxy) is 1. The minimum absolute atomic E-state index is 0.394. The molecule has 1 spiro atoms. The smallest absolute Gasteiger partial charge is 0.157 e. The van der Waals surface area contributed by atoms with E-state index in [0.29, 0.717) is 17.7 Å². The minimum Gasteiger partial charge on any atom is -0.378 e.